The van der Waals surface area contributed by atoms with Crippen LogP contribution in [0.4, 0.5) is 0 Å². The molecule has 4 N–H and O–H groups in total. The third-order valence-electron chi connectivity index (χ3n) is 3.57. The maximum Gasteiger partial charge on any atom is 0.303 e. The molecule has 0 aromatic heterocycles. The fourth-order valence-electron chi connectivity index (χ4n) is 2.42. The van der Waals surface area contributed by atoms with Crippen LogP contribution in [0.1, 0.15) is 32.6 Å². The average Bonchev–Trinajstić information content (AvgIpc) is 2.71. The van der Waals surface area contributed by atoms with E-state index in [9.17, 15) is 14.4 Å². The third-order valence-corrected chi connectivity index (χ3v) is 3.57. The third kappa shape index (κ3) is 3.72. The molecule has 102 valence electrons. The number of carbonyl (C=O) groups is 3. The molecule has 2 rings (SSSR count). The first-order valence-electron chi connectivity index (χ1n) is 6.24. The Bertz CT molecular complexity index is 343. The molecule has 0 aromatic rings. The molecule has 2 fully saturated rings. The Kier molecular flexibility index (Phi) is 5.12. The van der Waals surface area contributed by atoms with Crippen molar-refractivity contribution in [3.8, 4) is 0 Å². The van der Waals surface area contributed by atoms with E-state index in [1.165, 1.54) is 0 Å². The second kappa shape index (κ2) is 6.37. The van der Waals surface area contributed by atoms with Gasteiger partial charge in [0.05, 0.1) is 0 Å². The van der Waals surface area contributed by atoms with Crippen molar-refractivity contribution in [1.29, 1.82) is 0 Å². The Morgan fingerprint density at radius 1 is 1.44 bits per heavy atom. The summed E-state index contributed by atoms with van der Waals surface area (Å²) in [7, 11) is 0. The number of carbonyl (C=O) groups excluding carboxylic acids is 2. The molecule has 0 spiro atoms. The van der Waals surface area contributed by atoms with Gasteiger partial charge in [-0.15, -0.1) is 0 Å². The molecule has 18 heavy (non-hydrogen) atoms. The van der Waals surface area contributed by atoms with Crippen molar-refractivity contribution in [2.24, 2.45) is 23.5 Å². The van der Waals surface area contributed by atoms with Crippen LogP contribution in [0, 0.1) is 17.8 Å². The SMILES string of the molecule is CCC(=O)O.NC(=O)C1CCC2CNC(=O)C2C1. The molecule has 3 atom stereocenters. The minimum Gasteiger partial charge on any atom is -0.481 e. The molecule has 1 saturated carbocycles. The average molecular weight is 256 g/mol. The summed E-state index contributed by atoms with van der Waals surface area (Å²) in [6.07, 6.45) is 2.69. The molecule has 6 nitrogen and oxygen atoms in total. The Morgan fingerprint density at radius 2 is 2.06 bits per heavy atom. The van der Waals surface area contributed by atoms with E-state index in [-0.39, 0.29) is 30.1 Å². The first kappa shape index (κ1) is 14.5. The molecule has 0 aromatic carbocycles. The second-order valence-corrected chi connectivity index (χ2v) is 4.77. The van der Waals surface area contributed by atoms with E-state index < -0.39 is 5.97 Å². The van der Waals surface area contributed by atoms with Crippen molar-refractivity contribution in [3.63, 3.8) is 0 Å². The largest absolute Gasteiger partial charge is 0.481 e. The highest BCUT2D eigenvalue weighted by atomic mass is 16.4. The van der Waals surface area contributed by atoms with Crippen molar-refractivity contribution in [2.75, 3.05) is 6.54 Å². The van der Waals surface area contributed by atoms with E-state index in [0.29, 0.717) is 12.3 Å². The minimum absolute atomic E-state index is 0.0475. The van der Waals surface area contributed by atoms with Crippen molar-refractivity contribution in [2.45, 2.75) is 32.6 Å². The van der Waals surface area contributed by atoms with Gasteiger partial charge in [0, 0.05) is 24.8 Å². The van der Waals surface area contributed by atoms with Crippen molar-refractivity contribution in [1.82, 2.24) is 5.32 Å². The zero-order chi connectivity index (χ0) is 13.7. The van der Waals surface area contributed by atoms with Crippen LogP contribution in [0.3, 0.4) is 0 Å². The molecule has 1 aliphatic heterocycles. The lowest BCUT2D eigenvalue weighted by molar-refractivity contribution is -0.136. The molecule has 1 saturated heterocycles. The fourth-order valence-corrected chi connectivity index (χ4v) is 2.42. The molecular weight excluding hydrogens is 236 g/mol. The number of aliphatic carboxylic acids is 1. The molecule has 3 unspecified atom stereocenters. The first-order chi connectivity index (χ1) is 8.45. The summed E-state index contributed by atoms with van der Waals surface area (Å²) >= 11 is 0. The number of nitrogens with two attached hydrogens (primary N) is 1. The van der Waals surface area contributed by atoms with Crippen LogP contribution in [0.5, 0.6) is 0 Å². The van der Waals surface area contributed by atoms with Crippen LogP contribution in [0.2, 0.25) is 0 Å². The lowest BCUT2D eigenvalue weighted by Crippen LogP contribution is -2.33. The van der Waals surface area contributed by atoms with E-state index in [2.05, 4.69) is 5.32 Å². The van der Waals surface area contributed by atoms with Gasteiger partial charge in [-0.25, -0.2) is 0 Å². The first-order valence-corrected chi connectivity index (χ1v) is 6.24. The van der Waals surface area contributed by atoms with Crippen molar-refractivity contribution < 1.29 is 19.5 Å². The van der Waals surface area contributed by atoms with E-state index in [0.717, 1.165) is 19.4 Å². The molecule has 6 heteroatoms. The van der Waals surface area contributed by atoms with Crippen LogP contribution in [-0.2, 0) is 14.4 Å². The standard InChI is InChI=1S/C9H14N2O2.C3H6O2/c10-8(12)5-1-2-6-4-11-9(13)7(6)3-5;1-2-3(4)5/h5-7H,1-4H2,(H2,10,12)(H,11,13);2H2,1H3,(H,4,5). The Hall–Kier alpha value is -1.59. The van der Waals surface area contributed by atoms with Gasteiger partial charge in [-0.3, -0.25) is 14.4 Å². The summed E-state index contributed by atoms with van der Waals surface area (Å²) in [6, 6.07) is 0. The fraction of sp³-hybridized carbons (Fsp3) is 0.750. The molecule has 1 heterocycles. The Balaban J connectivity index is 0.000000280. The minimum atomic E-state index is -0.745. The number of fused-ring (bicyclic) bond motifs is 1. The van der Waals surface area contributed by atoms with Gasteiger partial charge >= 0.3 is 5.97 Å². The molecular formula is C12H20N2O4. The smallest absolute Gasteiger partial charge is 0.303 e. The van der Waals surface area contributed by atoms with Gasteiger partial charge in [0.1, 0.15) is 0 Å². The monoisotopic (exact) mass is 256 g/mol. The number of carboxylic acid groups (broad SMARTS) is 1. The van der Waals surface area contributed by atoms with Crippen LogP contribution < -0.4 is 11.1 Å². The quantitative estimate of drug-likeness (QED) is 0.651. The van der Waals surface area contributed by atoms with Crippen molar-refractivity contribution >= 4 is 17.8 Å². The summed E-state index contributed by atoms with van der Waals surface area (Å²) < 4.78 is 0. The topological polar surface area (TPSA) is 109 Å². The number of rotatable bonds is 2. The summed E-state index contributed by atoms with van der Waals surface area (Å²) in [5, 5.41) is 10.6. The van der Waals surface area contributed by atoms with Crippen LogP contribution >= 0.6 is 0 Å². The van der Waals surface area contributed by atoms with Crippen molar-refractivity contribution in [3.05, 3.63) is 0 Å². The summed E-state index contributed by atoms with van der Waals surface area (Å²) in [5.74, 6) is -0.474. The lowest BCUT2D eigenvalue weighted by Gasteiger charge is -2.27. The summed E-state index contributed by atoms with van der Waals surface area (Å²) in [4.78, 5) is 31.6. The Morgan fingerprint density at radius 3 is 2.56 bits per heavy atom. The lowest BCUT2D eigenvalue weighted by atomic mass is 9.75. The van der Waals surface area contributed by atoms with Crippen LogP contribution in [0.15, 0.2) is 0 Å². The normalized spacial score (nSPS) is 29.6. The molecule has 1 aliphatic carbocycles. The molecule has 2 amide bonds. The van der Waals surface area contributed by atoms with Crippen LogP contribution in [-0.4, -0.2) is 29.4 Å². The maximum absolute atomic E-state index is 11.3. The van der Waals surface area contributed by atoms with E-state index >= 15 is 0 Å². The Labute approximate surface area is 106 Å². The number of amides is 2. The van der Waals surface area contributed by atoms with E-state index in [1.807, 2.05) is 0 Å². The van der Waals surface area contributed by atoms with Gasteiger partial charge in [-0.05, 0) is 25.2 Å². The predicted molar refractivity (Wildman–Crippen MR) is 64.5 cm³/mol. The van der Waals surface area contributed by atoms with Gasteiger partial charge in [-0.1, -0.05) is 6.92 Å². The number of carboxylic acids is 1. The summed E-state index contributed by atoms with van der Waals surface area (Å²) in [5.41, 5.74) is 5.22. The highest BCUT2D eigenvalue weighted by Crippen LogP contribution is 2.36. The highest BCUT2D eigenvalue weighted by Gasteiger charge is 2.40. The van der Waals surface area contributed by atoms with E-state index in [4.69, 9.17) is 10.8 Å². The second-order valence-electron chi connectivity index (χ2n) is 4.77. The highest BCUT2D eigenvalue weighted by molar-refractivity contribution is 5.83. The number of hydrogen-bond acceptors (Lipinski definition) is 3. The molecule has 2 aliphatic rings. The predicted octanol–water partition coefficient (Wildman–Crippen LogP) is 0.115. The van der Waals surface area contributed by atoms with Crippen LogP contribution in [0.25, 0.3) is 0 Å². The summed E-state index contributed by atoms with van der Waals surface area (Å²) in [6.45, 7) is 2.39. The molecule has 0 radical (unpaired) electrons. The zero-order valence-electron chi connectivity index (χ0n) is 10.5. The van der Waals surface area contributed by atoms with Gasteiger partial charge < -0.3 is 16.2 Å². The van der Waals surface area contributed by atoms with E-state index in [1.54, 1.807) is 6.92 Å². The number of hydrogen-bond donors (Lipinski definition) is 3. The maximum atomic E-state index is 11.3. The number of nitrogens with one attached hydrogen (secondary N) is 1. The van der Waals surface area contributed by atoms with Gasteiger partial charge in [0.25, 0.3) is 0 Å². The van der Waals surface area contributed by atoms with Gasteiger partial charge in [0.15, 0.2) is 0 Å². The molecule has 0 bridgehead atoms. The van der Waals surface area contributed by atoms with Gasteiger partial charge in [-0.2, -0.15) is 0 Å². The zero-order valence-corrected chi connectivity index (χ0v) is 10.5. The van der Waals surface area contributed by atoms with Gasteiger partial charge in [0.2, 0.25) is 11.8 Å². The number of primary amides is 1.